The van der Waals surface area contributed by atoms with Crippen LogP contribution in [0.4, 0.5) is 0 Å². The first-order valence-corrected chi connectivity index (χ1v) is 4.90. The summed E-state index contributed by atoms with van der Waals surface area (Å²) in [5.74, 6) is 1.89. The molecule has 0 unspecified atom stereocenters. The van der Waals surface area contributed by atoms with E-state index in [2.05, 4.69) is 0 Å². The van der Waals surface area contributed by atoms with Gasteiger partial charge in [-0.05, 0) is 27.7 Å². The molecule has 1 aliphatic heterocycles. The summed E-state index contributed by atoms with van der Waals surface area (Å²) in [6.45, 7) is 8.74. The zero-order valence-electron chi connectivity index (χ0n) is 9.66. The smallest absolute Gasteiger partial charge is 0.400 e. The minimum Gasteiger partial charge on any atom is -0.400 e. The topological polar surface area (TPSA) is 27.7 Å². The summed E-state index contributed by atoms with van der Waals surface area (Å²) in [5.41, 5.74) is -0.510. The van der Waals surface area contributed by atoms with Gasteiger partial charge in [0.05, 0.1) is 17.8 Å². The van der Waals surface area contributed by atoms with E-state index in [1.165, 1.54) is 0 Å². The minimum atomic E-state index is -0.255. The van der Waals surface area contributed by atoms with Gasteiger partial charge in [-0.25, -0.2) is 0 Å². The van der Waals surface area contributed by atoms with Gasteiger partial charge in [0, 0.05) is 7.11 Å². The summed E-state index contributed by atoms with van der Waals surface area (Å²) in [5, 5.41) is 0. The Labute approximate surface area is 86.6 Å². The highest BCUT2D eigenvalue weighted by Gasteiger charge is 2.49. The summed E-state index contributed by atoms with van der Waals surface area (Å²) < 4.78 is 16.4. The maximum absolute atomic E-state index is 5.75. The first kappa shape index (κ1) is 11.8. The third-order valence-corrected chi connectivity index (χ3v) is 2.83. The van der Waals surface area contributed by atoms with Crippen LogP contribution in [-0.4, -0.2) is 32.0 Å². The van der Waals surface area contributed by atoms with E-state index < -0.39 is 0 Å². The van der Waals surface area contributed by atoms with E-state index in [4.69, 9.17) is 14.0 Å². The largest absolute Gasteiger partial charge is 0.486 e. The standard InChI is InChI=1S/C10H19BO3/c1-9(2)10(3,4)14-11(13-9)7-6-8-12-5/h6-7H,8H2,1-5H3. The molecule has 0 radical (unpaired) electrons. The van der Waals surface area contributed by atoms with Crippen LogP contribution in [0.2, 0.25) is 0 Å². The van der Waals surface area contributed by atoms with Crippen LogP contribution in [0.15, 0.2) is 12.1 Å². The predicted octanol–water partition coefficient (Wildman–Crippen LogP) is 1.82. The molecule has 80 valence electrons. The SMILES string of the molecule is COCC=CB1OC(C)(C)C(C)(C)O1. The highest BCUT2D eigenvalue weighted by Crippen LogP contribution is 2.36. The molecule has 1 aliphatic rings. The molecule has 4 heteroatoms. The van der Waals surface area contributed by atoms with Gasteiger partial charge >= 0.3 is 7.12 Å². The summed E-state index contributed by atoms with van der Waals surface area (Å²) >= 11 is 0. The van der Waals surface area contributed by atoms with Crippen molar-refractivity contribution in [1.82, 2.24) is 0 Å². The molecular formula is C10H19BO3. The van der Waals surface area contributed by atoms with Crippen molar-refractivity contribution >= 4 is 7.12 Å². The van der Waals surface area contributed by atoms with Crippen molar-refractivity contribution in [2.75, 3.05) is 13.7 Å². The molecule has 1 heterocycles. The molecule has 3 nitrogen and oxygen atoms in total. The van der Waals surface area contributed by atoms with Gasteiger partial charge < -0.3 is 14.0 Å². The zero-order valence-corrected chi connectivity index (χ0v) is 9.66. The van der Waals surface area contributed by atoms with Gasteiger partial charge in [-0.1, -0.05) is 12.1 Å². The molecule has 0 aromatic rings. The molecule has 0 bridgehead atoms. The number of rotatable bonds is 3. The molecule has 0 amide bonds. The van der Waals surface area contributed by atoms with Crippen molar-refractivity contribution in [3.8, 4) is 0 Å². The van der Waals surface area contributed by atoms with Crippen LogP contribution in [-0.2, 0) is 14.0 Å². The van der Waals surface area contributed by atoms with E-state index in [9.17, 15) is 0 Å². The first-order valence-electron chi connectivity index (χ1n) is 4.90. The van der Waals surface area contributed by atoms with Gasteiger partial charge in [-0.15, -0.1) is 0 Å². The molecular weight excluding hydrogens is 179 g/mol. The lowest BCUT2D eigenvalue weighted by Gasteiger charge is -2.32. The van der Waals surface area contributed by atoms with Gasteiger partial charge in [-0.3, -0.25) is 0 Å². The Bertz CT molecular complexity index is 207. The van der Waals surface area contributed by atoms with Crippen molar-refractivity contribution in [2.24, 2.45) is 0 Å². The second-order valence-corrected chi connectivity index (χ2v) is 4.51. The highest BCUT2D eigenvalue weighted by atomic mass is 16.7. The Morgan fingerprint density at radius 2 is 1.64 bits per heavy atom. The van der Waals surface area contributed by atoms with E-state index in [1.807, 2.05) is 39.7 Å². The van der Waals surface area contributed by atoms with Crippen molar-refractivity contribution in [2.45, 2.75) is 38.9 Å². The Morgan fingerprint density at radius 1 is 1.14 bits per heavy atom. The average molecular weight is 198 g/mol. The summed E-state index contributed by atoms with van der Waals surface area (Å²) in [6.07, 6.45) is 1.90. The number of hydrogen-bond acceptors (Lipinski definition) is 3. The fraction of sp³-hybridized carbons (Fsp3) is 0.800. The van der Waals surface area contributed by atoms with Crippen molar-refractivity contribution in [3.63, 3.8) is 0 Å². The predicted molar refractivity (Wildman–Crippen MR) is 57.1 cm³/mol. The van der Waals surface area contributed by atoms with Crippen molar-refractivity contribution in [3.05, 3.63) is 12.1 Å². The zero-order chi connectivity index (χ0) is 10.8. The molecule has 0 saturated carbocycles. The lowest BCUT2D eigenvalue weighted by Crippen LogP contribution is -2.41. The van der Waals surface area contributed by atoms with E-state index in [0.29, 0.717) is 6.61 Å². The Morgan fingerprint density at radius 3 is 2.07 bits per heavy atom. The minimum absolute atomic E-state index is 0.254. The van der Waals surface area contributed by atoms with E-state index in [0.717, 1.165) is 0 Å². The van der Waals surface area contributed by atoms with Crippen LogP contribution in [0.1, 0.15) is 27.7 Å². The molecule has 0 atom stereocenters. The Balaban J connectivity index is 2.55. The van der Waals surface area contributed by atoms with Gasteiger partial charge in [-0.2, -0.15) is 0 Å². The van der Waals surface area contributed by atoms with Crippen LogP contribution in [0.5, 0.6) is 0 Å². The maximum atomic E-state index is 5.75. The molecule has 1 rings (SSSR count). The molecule has 0 aromatic heterocycles. The molecule has 0 aromatic carbocycles. The maximum Gasteiger partial charge on any atom is 0.486 e. The first-order chi connectivity index (χ1) is 6.39. The van der Waals surface area contributed by atoms with Crippen LogP contribution >= 0.6 is 0 Å². The second kappa shape index (κ2) is 4.05. The molecule has 0 N–H and O–H groups in total. The third-order valence-electron chi connectivity index (χ3n) is 2.83. The van der Waals surface area contributed by atoms with Gasteiger partial charge in [0.2, 0.25) is 0 Å². The second-order valence-electron chi connectivity index (χ2n) is 4.51. The average Bonchev–Trinajstić information content (AvgIpc) is 2.21. The van der Waals surface area contributed by atoms with Gasteiger partial charge in [0.15, 0.2) is 0 Å². The number of hydrogen-bond donors (Lipinski definition) is 0. The molecule has 0 spiro atoms. The summed E-state index contributed by atoms with van der Waals surface area (Å²) in [6, 6.07) is 0. The van der Waals surface area contributed by atoms with Gasteiger partial charge in [0.25, 0.3) is 0 Å². The van der Waals surface area contributed by atoms with Gasteiger partial charge in [0.1, 0.15) is 0 Å². The Hall–Kier alpha value is -0.315. The normalized spacial score (nSPS) is 24.8. The summed E-state index contributed by atoms with van der Waals surface area (Å²) in [7, 11) is 1.41. The Kier molecular flexibility index (Phi) is 3.40. The fourth-order valence-corrected chi connectivity index (χ4v) is 1.23. The number of methoxy groups -OCH3 is 1. The quantitative estimate of drug-likeness (QED) is 0.647. The lowest BCUT2D eigenvalue weighted by molar-refractivity contribution is 0.00578. The van der Waals surface area contributed by atoms with E-state index >= 15 is 0 Å². The van der Waals surface area contributed by atoms with Crippen molar-refractivity contribution < 1.29 is 14.0 Å². The number of ether oxygens (including phenoxy) is 1. The van der Waals surface area contributed by atoms with Crippen LogP contribution in [0, 0.1) is 0 Å². The monoisotopic (exact) mass is 198 g/mol. The van der Waals surface area contributed by atoms with E-state index in [1.54, 1.807) is 7.11 Å². The van der Waals surface area contributed by atoms with Crippen LogP contribution in [0.25, 0.3) is 0 Å². The third kappa shape index (κ3) is 2.38. The highest BCUT2D eigenvalue weighted by molar-refractivity contribution is 6.51. The molecule has 1 fully saturated rings. The lowest BCUT2D eigenvalue weighted by atomic mass is 9.90. The van der Waals surface area contributed by atoms with Crippen LogP contribution < -0.4 is 0 Å². The van der Waals surface area contributed by atoms with E-state index in [-0.39, 0.29) is 18.3 Å². The molecule has 14 heavy (non-hydrogen) atoms. The molecule has 1 saturated heterocycles. The summed E-state index contributed by atoms with van der Waals surface area (Å²) in [4.78, 5) is 0. The van der Waals surface area contributed by atoms with Crippen LogP contribution in [0.3, 0.4) is 0 Å². The fourth-order valence-electron chi connectivity index (χ4n) is 1.23. The van der Waals surface area contributed by atoms with Crippen molar-refractivity contribution in [1.29, 1.82) is 0 Å². The molecule has 0 aliphatic carbocycles.